The molecule has 0 atom stereocenters. The van der Waals surface area contributed by atoms with Crippen molar-refractivity contribution in [1.29, 1.82) is 0 Å². The van der Waals surface area contributed by atoms with Gasteiger partial charge in [-0.05, 0) is 62.4 Å². The molecule has 0 saturated carbocycles. The summed E-state index contributed by atoms with van der Waals surface area (Å²) >= 11 is 12.4. The van der Waals surface area contributed by atoms with Crippen molar-refractivity contribution in [3.8, 4) is 0 Å². The molecular formula is C23H20Cl2N2O5S. The predicted octanol–water partition coefficient (Wildman–Crippen LogP) is 5.53. The number of sulfonamides is 1. The average molecular weight is 507 g/mol. The van der Waals surface area contributed by atoms with Gasteiger partial charge in [0.15, 0.2) is 0 Å². The summed E-state index contributed by atoms with van der Waals surface area (Å²) in [5.74, 6) is -1.10. The minimum Gasteiger partial charge on any atom is -0.462 e. The van der Waals surface area contributed by atoms with Crippen LogP contribution in [0.1, 0.15) is 33.2 Å². The van der Waals surface area contributed by atoms with Crippen molar-refractivity contribution >= 4 is 56.5 Å². The molecule has 0 fully saturated rings. The minimum atomic E-state index is -3.81. The molecule has 7 nitrogen and oxygen atoms in total. The van der Waals surface area contributed by atoms with E-state index < -0.39 is 21.9 Å². The van der Waals surface area contributed by atoms with Crippen LogP contribution in [0.15, 0.2) is 65.6 Å². The normalized spacial score (nSPS) is 11.0. The van der Waals surface area contributed by atoms with Crippen LogP contribution in [-0.2, 0) is 14.8 Å². The van der Waals surface area contributed by atoms with Crippen LogP contribution < -0.4 is 10.0 Å². The lowest BCUT2D eigenvalue weighted by atomic mass is 10.1. The van der Waals surface area contributed by atoms with Gasteiger partial charge in [0.2, 0.25) is 0 Å². The lowest BCUT2D eigenvalue weighted by Crippen LogP contribution is -2.15. The summed E-state index contributed by atoms with van der Waals surface area (Å²) in [6, 6.07) is 14.9. The quantitative estimate of drug-likeness (QED) is 0.410. The molecule has 0 aromatic heterocycles. The van der Waals surface area contributed by atoms with Crippen molar-refractivity contribution in [2.24, 2.45) is 0 Å². The fourth-order valence-electron chi connectivity index (χ4n) is 2.86. The Morgan fingerprint density at radius 1 is 0.879 bits per heavy atom. The van der Waals surface area contributed by atoms with Gasteiger partial charge in [-0.25, -0.2) is 13.2 Å². The fraction of sp³-hybridized carbons (Fsp3) is 0.130. The van der Waals surface area contributed by atoms with Gasteiger partial charge in [0, 0.05) is 5.69 Å². The van der Waals surface area contributed by atoms with Crippen LogP contribution in [0.4, 0.5) is 11.4 Å². The van der Waals surface area contributed by atoms with Crippen molar-refractivity contribution in [3.05, 3.63) is 87.4 Å². The molecular weight excluding hydrogens is 487 g/mol. The smallest absolute Gasteiger partial charge is 0.339 e. The number of ether oxygens (including phenoxy) is 1. The molecule has 0 heterocycles. The van der Waals surface area contributed by atoms with Crippen LogP contribution in [-0.4, -0.2) is 26.9 Å². The van der Waals surface area contributed by atoms with E-state index in [0.29, 0.717) is 5.69 Å². The van der Waals surface area contributed by atoms with E-state index in [1.54, 1.807) is 19.1 Å². The van der Waals surface area contributed by atoms with E-state index in [4.69, 9.17) is 27.9 Å². The molecule has 1 amide bonds. The highest BCUT2D eigenvalue weighted by atomic mass is 35.5. The second-order valence-corrected chi connectivity index (χ2v) is 9.48. The van der Waals surface area contributed by atoms with Crippen molar-refractivity contribution in [3.63, 3.8) is 0 Å². The first-order valence-electron chi connectivity index (χ1n) is 9.78. The standard InChI is InChI=1S/C23H20Cl2N2O5S/c1-3-32-23(29)19-11-6-15(12-21(19)25)26-22(28)18-10-7-16(13-20(18)24)27-33(30,31)17-8-4-14(2)5-9-17/h4-13,27H,3H2,1-2H3,(H,26,28). The summed E-state index contributed by atoms with van der Waals surface area (Å²) in [5, 5.41) is 2.81. The number of hydrogen-bond donors (Lipinski definition) is 2. The maximum absolute atomic E-state index is 12.6. The molecule has 3 rings (SSSR count). The van der Waals surface area contributed by atoms with Gasteiger partial charge < -0.3 is 10.1 Å². The highest BCUT2D eigenvalue weighted by Crippen LogP contribution is 2.26. The third-order valence-electron chi connectivity index (χ3n) is 4.52. The number of amides is 1. The number of halogens is 2. The van der Waals surface area contributed by atoms with Crippen LogP contribution in [0, 0.1) is 6.92 Å². The van der Waals surface area contributed by atoms with E-state index in [9.17, 15) is 18.0 Å². The Bertz CT molecular complexity index is 1310. The van der Waals surface area contributed by atoms with Crippen molar-refractivity contribution in [2.75, 3.05) is 16.6 Å². The molecule has 0 saturated heterocycles. The Kier molecular flexibility index (Phi) is 7.63. The zero-order chi connectivity index (χ0) is 24.2. The number of nitrogens with one attached hydrogen (secondary N) is 2. The average Bonchev–Trinajstić information content (AvgIpc) is 2.74. The number of carbonyl (C=O) groups is 2. The van der Waals surface area contributed by atoms with Crippen LogP contribution in [0.5, 0.6) is 0 Å². The second-order valence-electron chi connectivity index (χ2n) is 6.98. The van der Waals surface area contributed by atoms with Gasteiger partial charge >= 0.3 is 5.97 Å². The van der Waals surface area contributed by atoms with E-state index in [1.165, 1.54) is 48.5 Å². The van der Waals surface area contributed by atoms with Crippen molar-refractivity contribution < 1.29 is 22.7 Å². The molecule has 0 aliphatic rings. The summed E-state index contributed by atoms with van der Waals surface area (Å²) < 4.78 is 32.5. The molecule has 3 aromatic rings. The molecule has 172 valence electrons. The summed E-state index contributed by atoms with van der Waals surface area (Å²) in [6.45, 7) is 3.75. The summed E-state index contributed by atoms with van der Waals surface area (Å²) in [6.07, 6.45) is 0. The number of benzene rings is 3. The van der Waals surface area contributed by atoms with Gasteiger partial charge in [0.25, 0.3) is 15.9 Å². The van der Waals surface area contributed by atoms with Gasteiger partial charge in [-0.2, -0.15) is 0 Å². The molecule has 10 heteroatoms. The Hall–Kier alpha value is -3.07. The van der Waals surface area contributed by atoms with E-state index >= 15 is 0 Å². The van der Waals surface area contributed by atoms with E-state index in [1.807, 2.05) is 6.92 Å². The monoisotopic (exact) mass is 506 g/mol. The third kappa shape index (κ3) is 6.04. The summed E-state index contributed by atoms with van der Waals surface area (Å²) in [7, 11) is -3.81. The molecule has 0 spiro atoms. The lowest BCUT2D eigenvalue weighted by Gasteiger charge is -2.12. The van der Waals surface area contributed by atoms with Crippen molar-refractivity contribution in [1.82, 2.24) is 0 Å². The van der Waals surface area contributed by atoms with Gasteiger partial charge in [0.1, 0.15) is 0 Å². The number of anilines is 2. The molecule has 0 aliphatic heterocycles. The van der Waals surface area contributed by atoms with Crippen LogP contribution in [0.3, 0.4) is 0 Å². The Balaban J connectivity index is 1.74. The van der Waals surface area contributed by atoms with Crippen LogP contribution in [0.25, 0.3) is 0 Å². The first-order chi connectivity index (χ1) is 15.6. The maximum atomic E-state index is 12.6. The van der Waals surface area contributed by atoms with Crippen molar-refractivity contribution in [2.45, 2.75) is 18.7 Å². The summed E-state index contributed by atoms with van der Waals surface area (Å²) in [5.41, 5.74) is 1.79. The van der Waals surface area contributed by atoms with Gasteiger partial charge in [0.05, 0.1) is 38.4 Å². The number of carbonyl (C=O) groups excluding carboxylic acids is 2. The molecule has 33 heavy (non-hydrogen) atoms. The molecule has 3 aromatic carbocycles. The zero-order valence-corrected chi connectivity index (χ0v) is 20.0. The van der Waals surface area contributed by atoms with E-state index in [2.05, 4.69) is 10.0 Å². The van der Waals surface area contributed by atoms with Crippen LogP contribution in [0.2, 0.25) is 10.0 Å². The highest BCUT2D eigenvalue weighted by Gasteiger charge is 2.17. The lowest BCUT2D eigenvalue weighted by molar-refractivity contribution is 0.0526. The molecule has 0 bridgehead atoms. The SMILES string of the molecule is CCOC(=O)c1ccc(NC(=O)c2ccc(NS(=O)(=O)c3ccc(C)cc3)cc2Cl)cc1Cl. The topological polar surface area (TPSA) is 102 Å². The summed E-state index contributed by atoms with van der Waals surface area (Å²) in [4.78, 5) is 24.6. The molecule has 0 unspecified atom stereocenters. The number of aryl methyl sites for hydroxylation is 1. The highest BCUT2D eigenvalue weighted by molar-refractivity contribution is 7.92. The minimum absolute atomic E-state index is 0.0471. The molecule has 0 aliphatic carbocycles. The molecule has 0 radical (unpaired) electrons. The molecule has 2 N–H and O–H groups in total. The Morgan fingerprint density at radius 2 is 1.45 bits per heavy atom. The fourth-order valence-corrected chi connectivity index (χ4v) is 4.43. The first-order valence-corrected chi connectivity index (χ1v) is 12.0. The second kappa shape index (κ2) is 10.2. The Labute approximate surface area is 201 Å². The predicted molar refractivity (Wildman–Crippen MR) is 129 cm³/mol. The number of esters is 1. The van der Waals surface area contributed by atoms with Gasteiger partial charge in [-0.3, -0.25) is 9.52 Å². The third-order valence-corrected chi connectivity index (χ3v) is 6.54. The first kappa shape index (κ1) is 24.6. The van der Waals surface area contributed by atoms with E-state index in [-0.39, 0.29) is 38.4 Å². The Morgan fingerprint density at radius 3 is 2.06 bits per heavy atom. The zero-order valence-electron chi connectivity index (χ0n) is 17.7. The van der Waals surface area contributed by atoms with Crippen LogP contribution >= 0.6 is 23.2 Å². The maximum Gasteiger partial charge on any atom is 0.339 e. The largest absolute Gasteiger partial charge is 0.462 e. The number of hydrogen-bond acceptors (Lipinski definition) is 5. The number of rotatable bonds is 7. The van der Waals surface area contributed by atoms with Gasteiger partial charge in [-0.15, -0.1) is 0 Å². The van der Waals surface area contributed by atoms with E-state index in [0.717, 1.165) is 5.56 Å². The van der Waals surface area contributed by atoms with Gasteiger partial charge in [-0.1, -0.05) is 40.9 Å².